The van der Waals surface area contributed by atoms with Crippen molar-refractivity contribution in [1.29, 1.82) is 0 Å². The molecule has 3 aromatic rings. The summed E-state index contributed by atoms with van der Waals surface area (Å²) >= 11 is 11.4. The van der Waals surface area contributed by atoms with Crippen LogP contribution in [0.25, 0.3) is 0 Å². The Kier molecular flexibility index (Phi) is 9.33. The van der Waals surface area contributed by atoms with E-state index in [1.165, 1.54) is 12.1 Å². The molecular formula is C28H26Cl2F6N4O2. The average molecular weight is 635 g/mol. The lowest BCUT2D eigenvalue weighted by Gasteiger charge is -2.31. The van der Waals surface area contributed by atoms with Crippen LogP contribution in [0, 0.1) is 0 Å². The molecule has 3 rings (SSSR count). The van der Waals surface area contributed by atoms with E-state index in [1.54, 1.807) is 52.0 Å². The third-order valence-corrected chi connectivity index (χ3v) is 6.70. The predicted molar refractivity (Wildman–Crippen MR) is 150 cm³/mol. The quantitative estimate of drug-likeness (QED) is 0.204. The first kappa shape index (κ1) is 32.9. The molecule has 0 atom stereocenters. The second kappa shape index (κ2) is 11.9. The molecule has 42 heavy (non-hydrogen) atoms. The van der Waals surface area contributed by atoms with Crippen molar-refractivity contribution in [2.24, 2.45) is 0 Å². The van der Waals surface area contributed by atoms with E-state index in [0.717, 1.165) is 12.1 Å². The normalized spacial score (nSPS) is 12.5. The Morgan fingerprint density at radius 3 is 1.29 bits per heavy atom. The number of rotatable bonds is 6. The van der Waals surface area contributed by atoms with Gasteiger partial charge in [-0.15, -0.1) is 0 Å². The molecule has 0 aliphatic carbocycles. The molecule has 0 bridgehead atoms. The number of hydrogen-bond donors (Lipinski definition) is 4. The number of hydrogen-bond acceptors (Lipinski definition) is 2. The van der Waals surface area contributed by atoms with Crippen molar-refractivity contribution in [3.8, 4) is 0 Å². The summed E-state index contributed by atoms with van der Waals surface area (Å²) in [6.45, 7) is 6.46. The summed E-state index contributed by atoms with van der Waals surface area (Å²) in [5, 5.41) is 9.35. The van der Waals surface area contributed by atoms with Gasteiger partial charge in [0, 0.05) is 10.0 Å². The monoisotopic (exact) mass is 634 g/mol. The number of amides is 4. The van der Waals surface area contributed by atoms with Gasteiger partial charge in [-0.2, -0.15) is 26.3 Å². The number of carbonyl (C=O) groups excluding carboxylic acids is 2. The third kappa shape index (κ3) is 8.22. The van der Waals surface area contributed by atoms with Crippen molar-refractivity contribution in [2.75, 3.05) is 10.6 Å². The van der Waals surface area contributed by atoms with Gasteiger partial charge in [0.2, 0.25) is 0 Å². The molecule has 14 heteroatoms. The van der Waals surface area contributed by atoms with Crippen LogP contribution in [0.15, 0.2) is 60.7 Å². The van der Waals surface area contributed by atoms with Crippen molar-refractivity contribution in [2.45, 2.75) is 51.1 Å². The summed E-state index contributed by atoms with van der Waals surface area (Å²) in [4.78, 5) is 25.4. The third-order valence-electron chi connectivity index (χ3n) is 6.23. The lowest BCUT2D eigenvalue weighted by Crippen LogP contribution is -2.45. The van der Waals surface area contributed by atoms with Gasteiger partial charge < -0.3 is 21.3 Å². The molecule has 226 valence electrons. The largest absolute Gasteiger partial charge is 0.418 e. The SMILES string of the molecule is CC(C)(NC(=O)Nc1ccc(Cl)cc1C(F)(F)F)c1cccc(C(C)(C)NC(=O)Nc2ccc(Cl)cc2C(F)(F)F)c1. The number of urea groups is 2. The van der Waals surface area contributed by atoms with Gasteiger partial charge in [-0.1, -0.05) is 47.5 Å². The van der Waals surface area contributed by atoms with Crippen molar-refractivity contribution >= 4 is 46.6 Å². The van der Waals surface area contributed by atoms with Crippen LogP contribution in [0.4, 0.5) is 47.3 Å². The zero-order valence-corrected chi connectivity index (χ0v) is 24.1. The molecule has 0 unspecified atom stereocenters. The van der Waals surface area contributed by atoms with Crippen LogP contribution in [0.2, 0.25) is 10.0 Å². The van der Waals surface area contributed by atoms with Gasteiger partial charge in [0.05, 0.1) is 33.6 Å². The van der Waals surface area contributed by atoms with Crippen LogP contribution in [0.1, 0.15) is 49.9 Å². The summed E-state index contributed by atoms with van der Waals surface area (Å²) in [6.07, 6.45) is -9.52. The number of benzene rings is 3. The summed E-state index contributed by atoms with van der Waals surface area (Å²) in [5.74, 6) is 0. The Labute approximate surface area is 247 Å². The molecule has 0 aromatic heterocycles. The van der Waals surface area contributed by atoms with Gasteiger partial charge in [-0.05, 0) is 75.2 Å². The standard InChI is InChI=1S/C28H26Cl2F6N4O2/c1-25(2,39-23(41)37-21-10-8-17(29)13-19(21)27(31,32)33)15-6-5-7-16(12-15)26(3,4)40-24(42)38-22-11-9-18(30)14-20(22)28(34,35)36/h5-14H,1-4H3,(H2,37,39,41)(H2,38,40,42). The Morgan fingerprint density at radius 1 is 0.595 bits per heavy atom. The lowest BCUT2D eigenvalue weighted by atomic mass is 9.87. The highest BCUT2D eigenvalue weighted by atomic mass is 35.5. The van der Waals surface area contributed by atoms with Gasteiger partial charge in [0.25, 0.3) is 0 Å². The molecule has 4 amide bonds. The Bertz CT molecular complexity index is 1380. The van der Waals surface area contributed by atoms with Crippen LogP contribution in [-0.4, -0.2) is 12.1 Å². The van der Waals surface area contributed by atoms with E-state index in [2.05, 4.69) is 21.3 Å². The summed E-state index contributed by atoms with van der Waals surface area (Å²) < 4.78 is 80.5. The number of nitrogens with one attached hydrogen (secondary N) is 4. The van der Waals surface area contributed by atoms with Crippen LogP contribution >= 0.6 is 23.2 Å². The molecule has 4 N–H and O–H groups in total. The van der Waals surface area contributed by atoms with Crippen molar-refractivity contribution in [3.05, 3.63) is 93.0 Å². The Hall–Kier alpha value is -3.64. The summed E-state index contributed by atoms with van der Waals surface area (Å²) in [5.41, 5.74) is -4.39. The zero-order valence-electron chi connectivity index (χ0n) is 22.6. The van der Waals surface area contributed by atoms with Crippen LogP contribution in [0.5, 0.6) is 0 Å². The zero-order chi connectivity index (χ0) is 31.7. The molecule has 0 heterocycles. The maximum Gasteiger partial charge on any atom is 0.418 e. The molecule has 0 aliphatic heterocycles. The van der Waals surface area contributed by atoms with E-state index in [4.69, 9.17) is 23.2 Å². The van der Waals surface area contributed by atoms with Crippen LogP contribution in [0.3, 0.4) is 0 Å². The molecule has 0 fully saturated rings. The van der Waals surface area contributed by atoms with E-state index < -0.39 is 58.0 Å². The highest BCUT2D eigenvalue weighted by Gasteiger charge is 2.36. The van der Waals surface area contributed by atoms with Crippen molar-refractivity contribution < 1.29 is 35.9 Å². The van der Waals surface area contributed by atoms with E-state index in [0.29, 0.717) is 23.3 Å². The van der Waals surface area contributed by atoms with Crippen LogP contribution in [-0.2, 0) is 23.4 Å². The first-order valence-electron chi connectivity index (χ1n) is 12.2. The van der Waals surface area contributed by atoms with Crippen LogP contribution < -0.4 is 21.3 Å². The number of carbonyl (C=O) groups is 2. The van der Waals surface area contributed by atoms with Crippen molar-refractivity contribution in [1.82, 2.24) is 10.6 Å². The van der Waals surface area contributed by atoms with E-state index in [9.17, 15) is 35.9 Å². The maximum absolute atomic E-state index is 13.4. The van der Waals surface area contributed by atoms with Crippen molar-refractivity contribution in [3.63, 3.8) is 0 Å². The lowest BCUT2D eigenvalue weighted by molar-refractivity contribution is -0.137. The highest BCUT2D eigenvalue weighted by Crippen LogP contribution is 2.38. The first-order chi connectivity index (χ1) is 19.2. The topological polar surface area (TPSA) is 82.3 Å². The minimum atomic E-state index is -4.76. The molecule has 0 saturated carbocycles. The van der Waals surface area contributed by atoms with E-state index in [1.807, 2.05) is 0 Å². The minimum absolute atomic E-state index is 0.149. The smallest absolute Gasteiger partial charge is 0.329 e. The fourth-order valence-corrected chi connectivity index (χ4v) is 4.38. The molecule has 0 aliphatic rings. The fraction of sp³-hybridized carbons (Fsp3) is 0.286. The second-order valence-electron chi connectivity index (χ2n) is 10.4. The Balaban J connectivity index is 1.77. The highest BCUT2D eigenvalue weighted by molar-refractivity contribution is 6.31. The minimum Gasteiger partial charge on any atom is -0.329 e. The number of halogens is 8. The summed E-state index contributed by atoms with van der Waals surface area (Å²) in [6, 6.07) is 10.7. The number of alkyl halides is 6. The molecule has 0 spiro atoms. The molecule has 6 nitrogen and oxygen atoms in total. The fourth-order valence-electron chi connectivity index (χ4n) is 4.04. The first-order valence-corrected chi connectivity index (χ1v) is 13.0. The summed E-state index contributed by atoms with van der Waals surface area (Å²) in [7, 11) is 0. The predicted octanol–water partition coefficient (Wildman–Crippen LogP) is 9.14. The second-order valence-corrected chi connectivity index (χ2v) is 11.2. The van der Waals surface area contributed by atoms with Gasteiger partial charge in [0.15, 0.2) is 0 Å². The molecule has 0 saturated heterocycles. The van der Waals surface area contributed by atoms with Gasteiger partial charge in [-0.25, -0.2) is 9.59 Å². The van der Waals surface area contributed by atoms with E-state index in [-0.39, 0.29) is 10.0 Å². The average Bonchev–Trinajstić information content (AvgIpc) is 2.84. The Morgan fingerprint density at radius 2 is 0.952 bits per heavy atom. The van der Waals surface area contributed by atoms with Gasteiger partial charge in [-0.3, -0.25) is 0 Å². The van der Waals surface area contributed by atoms with E-state index >= 15 is 0 Å². The van der Waals surface area contributed by atoms with Gasteiger partial charge >= 0.3 is 24.4 Å². The molecule has 0 radical (unpaired) electrons. The molecular weight excluding hydrogens is 609 g/mol. The van der Waals surface area contributed by atoms with Gasteiger partial charge in [0.1, 0.15) is 0 Å². The number of anilines is 2. The molecule has 3 aromatic carbocycles. The maximum atomic E-state index is 13.4.